The summed E-state index contributed by atoms with van der Waals surface area (Å²) in [5.41, 5.74) is 1.13. The highest BCUT2D eigenvalue weighted by atomic mass is 16.2. The lowest BCUT2D eigenvalue weighted by molar-refractivity contribution is -0.130. The molecule has 26 heavy (non-hydrogen) atoms. The van der Waals surface area contributed by atoms with Gasteiger partial charge >= 0.3 is 6.03 Å². The van der Waals surface area contributed by atoms with Crippen molar-refractivity contribution in [3.63, 3.8) is 0 Å². The first-order chi connectivity index (χ1) is 12.3. The maximum absolute atomic E-state index is 12.4. The van der Waals surface area contributed by atoms with E-state index in [4.69, 9.17) is 0 Å². The van der Waals surface area contributed by atoms with Crippen LogP contribution in [0, 0.1) is 0 Å². The van der Waals surface area contributed by atoms with E-state index in [1.807, 2.05) is 0 Å². The number of nitrogens with one attached hydrogen (secondary N) is 1. The molecule has 2 aliphatic rings. The number of carbonyl (C=O) groups excluding carboxylic acids is 4. The van der Waals surface area contributed by atoms with Crippen molar-refractivity contribution in [3.05, 3.63) is 29.3 Å². The average molecular weight is 358 g/mol. The Morgan fingerprint density at radius 1 is 0.962 bits per heavy atom. The summed E-state index contributed by atoms with van der Waals surface area (Å²) in [4.78, 5) is 53.0. The van der Waals surface area contributed by atoms with Crippen LogP contribution in [-0.4, -0.2) is 70.7 Å². The Bertz CT molecular complexity index is 781. The van der Waals surface area contributed by atoms with Crippen molar-refractivity contribution in [1.29, 1.82) is 0 Å². The number of anilines is 1. The number of hydrogen-bond donors (Lipinski definition) is 1. The van der Waals surface area contributed by atoms with Gasteiger partial charge in [0.05, 0.1) is 11.1 Å². The molecule has 0 unspecified atom stereocenters. The van der Waals surface area contributed by atoms with E-state index in [0.29, 0.717) is 43.0 Å². The van der Waals surface area contributed by atoms with Crippen molar-refractivity contribution in [2.75, 3.05) is 31.5 Å². The normalized spacial score (nSPS) is 17.0. The van der Waals surface area contributed by atoms with Crippen LogP contribution in [0.3, 0.4) is 0 Å². The molecule has 2 heterocycles. The SMILES string of the molecule is CC(=O)N1CCN(C(=O)Nc2ccc3c(c2)C(=O)N(C(C)C)C3=O)CC1. The maximum atomic E-state index is 12.4. The Kier molecular flexibility index (Phi) is 4.67. The molecule has 1 saturated heterocycles. The van der Waals surface area contributed by atoms with Gasteiger partial charge in [-0.25, -0.2) is 4.79 Å². The number of carbonyl (C=O) groups is 4. The number of amides is 5. The molecule has 0 bridgehead atoms. The van der Waals surface area contributed by atoms with Gasteiger partial charge in [0, 0.05) is 44.8 Å². The van der Waals surface area contributed by atoms with Gasteiger partial charge in [0.1, 0.15) is 0 Å². The Hall–Kier alpha value is -2.90. The third kappa shape index (κ3) is 3.14. The summed E-state index contributed by atoms with van der Waals surface area (Å²) in [7, 11) is 0. The first-order valence-electron chi connectivity index (χ1n) is 8.63. The number of rotatable bonds is 2. The lowest BCUT2D eigenvalue weighted by Gasteiger charge is -2.34. The van der Waals surface area contributed by atoms with Gasteiger partial charge in [-0.15, -0.1) is 0 Å². The monoisotopic (exact) mass is 358 g/mol. The maximum Gasteiger partial charge on any atom is 0.321 e. The van der Waals surface area contributed by atoms with E-state index in [-0.39, 0.29) is 29.8 Å². The van der Waals surface area contributed by atoms with E-state index in [2.05, 4.69) is 5.32 Å². The minimum atomic E-state index is -0.342. The Balaban J connectivity index is 1.69. The molecule has 1 fully saturated rings. The number of fused-ring (bicyclic) bond motifs is 1. The number of hydrogen-bond acceptors (Lipinski definition) is 4. The van der Waals surface area contributed by atoms with Crippen LogP contribution in [0.5, 0.6) is 0 Å². The van der Waals surface area contributed by atoms with Crippen LogP contribution < -0.4 is 5.32 Å². The summed E-state index contributed by atoms with van der Waals surface area (Å²) in [6.45, 7) is 6.99. The summed E-state index contributed by atoms with van der Waals surface area (Å²) in [5, 5.41) is 2.77. The molecule has 1 aromatic carbocycles. The molecular formula is C18H22N4O4. The fourth-order valence-electron chi connectivity index (χ4n) is 3.23. The summed E-state index contributed by atoms with van der Waals surface area (Å²) in [6, 6.07) is 4.23. The minimum absolute atomic E-state index is 0.00145. The molecule has 0 spiro atoms. The Labute approximate surface area is 151 Å². The molecule has 5 amide bonds. The first kappa shape index (κ1) is 17.9. The minimum Gasteiger partial charge on any atom is -0.339 e. The molecule has 138 valence electrons. The van der Waals surface area contributed by atoms with Crippen LogP contribution in [0.15, 0.2) is 18.2 Å². The van der Waals surface area contributed by atoms with Gasteiger partial charge in [-0.3, -0.25) is 19.3 Å². The van der Waals surface area contributed by atoms with Gasteiger partial charge in [-0.1, -0.05) is 0 Å². The first-order valence-corrected chi connectivity index (χ1v) is 8.63. The van der Waals surface area contributed by atoms with Crippen molar-refractivity contribution < 1.29 is 19.2 Å². The van der Waals surface area contributed by atoms with Crippen LogP contribution in [0.4, 0.5) is 10.5 Å². The second-order valence-electron chi connectivity index (χ2n) is 6.76. The van der Waals surface area contributed by atoms with Crippen molar-refractivity contribution >= 4 is 29.4 Å². The highest BCUT2D eigenvalue weighted by Gasteiger charge is 2.37. The van der Waals surface area contributed by atoms with Crippen LogP contribution >= 0.6 is 0 Å². The molecule has 0 saturated carbocycles. The van der Waals surface area contributed by atoms with Crippen LogP contribution in [-0.2, 0) is 4.79 Å². The third-order valence-corrected chi connectivity index (χ3v) is 4.70. The molecule has 0 atom stereocenters. The summed E-state index contributed by atoms with van der Waals surface area (Å²) in [6.07, 6.45) is 0. The van der Waals surface area contributed by atoms with Crippen molar-refractivity contribution in [2.45, 2.75) is 26.8 Å². The summed E-state index contributed by atoms with van der Waals surface area (Å²) in [5.74, 6) is -0.647. The van der Waals surface area contributed by atoms with Crippen LogP contribution in [0.25, 0.3) is 0 Å². The highest BCUT2D eigenvalue weighted by Crippen LogP contribution is 2.27. The quantitative estimate of drug-likeness (QED) is 0.809. The Morgan fingerprint density at radius 3 is 2.12 bits per heavy atom. The predicted molar refractivity (Wildman–Crippen MR) is 94.9 cm³/mol. The molecule has 0 aromatic heterocycles. The van der Waals surface area contributed by atoms with Gasteiger partial charge < -0.3 is 15.1 Å². The molecule has 0 radical (unpaired) electrons. The largest absolute Gasteiger partial charge is 0.339 e. The number of nitrogens with zero attached hydrogens (tertiary/aromatic N) is 3. The fourth-order valence-corrected chi connectivity index (χ4v) is 3.23. The van der Waals surface area contributed by atoms with Crippen LogP contribution in [0.1, 0.15) is 41.5 Å². The zero-order valence-electron chi connectivity index (χ0n) is 15.1. The topological polar surface area (TPSA) is 90.0 Å². The van der Waals surface area contributed by atoms with E-state index in [1.54, 1.807) is 41.8 Å². The number of urea groups is 1. The van der Waals surface area contributed by atoms with Gasteiger partial charge in [0.2, 0.25) is 5.91 Å². The van der Waals surface area contributed by atoms with Crippen molar-refractivity contribution in [2.24, 2.45) is 0 Å². The van der Waals surface area contributed by atoms with Gasteiger partial charge in [0.15, 0.2) is 0 Å². The highest BCUT2D eigenvalue weighted by molar-refractivity contribution is 6.22. The van der Waals surface area contributed by atoms with E-state index in [1.165, 1.54) is 11.8 Å². The third-order valence-electron chi connectivity index (χ3n) is 4.70. The molecule has 8 heteroatoms. The molecular weight excluding hydrogens is 336 g/mol. The van der Waals surface area contributed by atoms with Crippen molar-refractivity contribution in [1.82, 2.24) is 14.7 Å². The van der Waals surface area contributed by atoms with Crippen LogP contribution in [0.2, 0.25) is 0 Å². The second-order valence-corrected chi connectivity index (χ2v) is 6.76. The zero-order chi connectivity index (χ0) is 19.0. The summed E-state index contributed by atoms with van der Waals surface area (Å²) >= 11 is 0. The van der Waals surface area contributed by atoms with E-state index in [9.17, 15) is 19.2 Å². The average Bonchev–Trinajstić information content (AvgIpc) is 2.85. The molecule has 3 rings (SSSR count). The lowest BCUT2D eigenvalue weighted by Crippen LogP contribution is -2.51. The van der Waals surface area contributed by atoms with E-state index in [0.717, 1.165) is 0 Å². The van der Waals surface area contributed by atoms with Crippen molar-refractivity contribution in [3.8, 4) is 0 Å². The summed E-state index contributed by atoms with van der Waals surface area (Å²) < 4.78 is 0. The molecule has 1 N–H and O–H groups in total. The molecule has 1 aromatic rings. The number of imide groups is 1. The fraction of sp³-hybridized carbons (Fsp3) is 0.444. The smallest absolute Gasteiger partial charge is 0.321 e. The number of piperazine rings is 1. The second kappa shape index (κ2) is 6.78. The zero-order valence-corrected chi connectivity index (χ0v) is 15.1. The van der Waals surface area contributed by atoms with Gasteiger partial charge in [-0.05, 0) is 32.0 Å². The van der Waals surface area contributed by atoms with Gasteiger partial charge in [-0.2, -0.15) is 0 Å². The molecule has 8 nitrogen and oxygen atoms in total. The Morgan fingerprint density at radius 2 is 1.54 bits per heavy atom. The van der Waals surface area contributed by atoms with E-state index < -0.39 is 0 Å². The number of benzene rings is 1. The standard InChI is InChI=1S/C18H22N4O4/c1-11(2)22-16(24)14-5-4-13(10-15(14)17(22)25)19-18(26)21-8-6-20(7-9-21)12(3)23/h4-5,10-11H,6-9H2,1-3H3,(H,19,26). The predicted octanol–water partition coefficient (Wildman–Crippen LogP) is 1.39. The lowest BCUT2D eigenvalue weighted by atomic mass is 10.1. The van der Waals surface area contributed by atoms with E-state index >= 15 is 0 Å². The molecule has 0 aliphatic carbocycles. The molecule has 2 aliphatic heterocycles. The van der Waals surface area contributed by atoms with Gasteiger partial charge in [0.25, 0.3) is 11.8 Å².